The number of pyridine rings is 1. The number of carboxylic acids is 1. The van der Waals surface area contributed by atoms with Crippen LogP contribution in [0.5, 0.6) is 0 Å². The Morgan fingerprint density at radius 3 is 2.80 bits per heavy atom. The summed E-state index contributed by atoms with van der Waals surface area (Å²) < 4.78 is 1.93. The molecule has 0 aliphatic carbocycles. The van der Waals surface area contributed by atoms with Crippen molar-refractivity contribution in [3.63, 3.8) is 0 Å². The minimum Gasteiger partial charge on any atom is -0.543 e. The number of nitrogen functional groups attached to an aromatic ring is 1. The number of fused-ring (bicyclic) bond motifs is 1. The summed E-state index contributed by atoms with van der Waals surface area (Å²) in [4.78, 5) is 48.2. The average molecular weight is 535 g/mol. The van der Waals surface area contributed by atoms with E-state index in [4.69, 9.17) is 22.2 Å². The molecule has 35 heavy (non-hydrogen) atoms. The summed E-state index contributed by atoms with van der Waals surface area (Å²) in [6, 6.07) is 4.49. The summed E-state index contributed by atoms with van der Waals surface area (Å²) in [5.41, 5.74) is 5.77. The maximum Gasteiger partial charge on any atom is 0.276 e. The van der Waals surface area contributed by atoms with Gasteiger partial charge in [0.05, 0.1) is 11.7 Å². The zero-order valence-electron chi connectivity index (χ0n) is 18.0. The van der Waals surface area contributed by atoms with Crippen LogP contribution in [0.1, 0.15) is 5.69 Å². The van der Waals surface area contributed by atoms with E-state index in [2.05, 4.69) is 22.0 Å². The van der Waals surface area contributed by atoms with E-state index in [1.807, 2.05) is 18.2 Å². The van der Waals surface area contributed by atoms with Crippen molar-refractivity contribution in [1.82, 2.24) is 15.2 Å². The van der Waals surface area contributed by atoms with E-state index in [0.29, 0.717) is 11.3 Å². The van der Waals surface area contributed by atoms with Crippen molar-refractivity contribution in [2.24, 2.45) is 5.16 Å². The van der Waals surface area contributed by atoms with Gasteiger partial charge in [0.15, 0.2) is 29.8 Å². The van der Waals surface area contributed by atoms with Gasteiger partial charge in [-0.3, -0.25) is 14.5 Å². The number of nitrogens with one attached hydrogen (secondary N) is 1. The molecule has 2 aliphatic heterocycles. The molecule has 1 saturated heterocycles. The predicted octanol–water partition coefficient (Wildman–Crippen LogP) is -0.323. The van der Waals surface area contributed by atoms with Gasteiger partial charge in [0.1, 0.15) is 28.1 Å². The lowest BCUT2D eigenvalue weighted by atomic mass is 10.0. The molecule has 0 radical (unpaired) electrons. The number of anilines is 1. The molecule has 1 fully saturated rings. The molecule has 182 valence electrons. The number of hydrogen-bond acceptors (Lipinski definition) is 10. The lowest BCUT2D eigenvalue weighted by Gasteiger charge is -2.50. The van der Waals surface area contributed by atoms with Gasteiger partial charge in [-0.1, -0.05) is 46.8 Å². The van der Waals surface area contributed by atoms with Gasteiger partial charge in [0, 0.05) is 23.5 Å². The van der Waals surface area contributed by atoms with Crippen LogP contribution in [0.25, 0.3) is 0 Å². The third-order valence-electron chi connectivity index (χ3n) is 5.07. The monoisotopic (exact) mass is 534 g/mol. The van der Waals surface area contributed by atoms with Crippen LogP contribution in [0.15, 0.2) is 59.7 Å². The van der Waals surface area contributed by atoms with E-state index < -0.39 is 29.2 Å². The molecular formula is C21H19ClN6O5S2. The number of aliphatic carboxylic acids is 1. The van der Waals surface area contributed by atoms with E-state index in [1.54, 1.807) is 17.0 Å². The SMILES string of the molecule is C=CCON=C(C(=O)NC1C(=O)N2C(C(=O)[O-])=C(C[n+]3ccccc3)CS[C@@H]12)c1nc(N)sc1Cl. The van der Waals surface area contributed by atoms with Crippen molar-refractivity contribution in [3.05, 3.63) is 64.5 Å². The summed E-state index contributed by atoms with van der Waals surface area (Å²) in [6.07, 6.45) is 5.02. The molecule has 11 nitrogen and oxygen atoms in total. The molecule has 2 atom stereocenters. The van der Waals surface area contributed by atoms with Crippen molar-refractivity contribution in [2.75, 3.05) is 18.1 Å². The van der Waals surface area contributed by atoms with Crippen LogP contribution in [0, 0.1) is 0 Å². The first-order valence-electron chi connectivity index (χ1n) is 10.2. The first-order chi connectivity index (χ1) is 16.8. The van der Waals surface area contributed by atoms with E-state index >= 15 is 0 Å². The van der Waals surface area contributed by atoms with Crippen molar-refractivity contribution in [1.29, 1.82) is 0 Å². The first-order valence-corrected chi connectivity index (χ1v) is 12.4. The fourth-order valence-corrected chi connectivity index (χ4v) is 5.84. The standard InChI is InChI=1S/C21H19ClN6O5S2/c1-2-8-33-26-13(12-16(22)35-21(23)25-12)17(29)24-14-18(30)28-15(20(31)32)11(10-34-19(14)28)9-27-6-4-3-5-7-27/h2-7,14,19H,1,8-10H2,(H3-,23,24,25,29,31,32)/t14?,19-/m0/s1. The largest absolute Gasteiger partial charge is 0.543 e. The lowest BCUT2D eigenvalue weighted by Crippen LogP contribution is -2.71. The summed E-state index contributed by atoms with van der Waals surface area (Å²) in [6.45, 7) is 3.81. The Hall–Kier alpha value is -3.42. The molecule has 2 amide bonds. The fraction of sp³-hybridized carbons (Fsp3) is 0.238. The number of oxime groups is 1. The number of carbonyl (C=O) groups is 3. The minimum absolute atomic E-state index is 0.00754. The summed E-state index contributed by atoms with van der Waals surface area (Å²) >= 11 is 8.42. The molecule has 1 unspecified atom stereocenters. The van der Waals surface area contributed by atoms with Gasteiger partial charge in [0.2, 0.25) is 0 Å². The van der Waals surface area contributed by atoms with Gasteiger partial charge in [-0.2, -0.15) is 0 Å². The number of thiazole rings is 1. The molecule has 4 heterocycles. The number of nitrogens with zero attached hydrogens (tertiary/aromatic N) is 4. The van der Waals surface area contributed by atoms with Crippen LogP contribution in [0.2, 0.25) is 4.34 Å². The van der Waals surface area contributed by atoms with E-state index in [-0.39, 0.29) is 39.7 Å². The molecule has 2 aromatic heterocycles. The summed E-state index contributed by atoms with van der Waals surface area (Å²) in [5.74, 6) is -2.47. The normalized spacial score (nSPS) is 19.6. The Morgan fingerprint density at radius 1 is 1.43 bits per heavy atom. The maximum absolute atomic E-state index is 13.0. The van der Waals surface area contributed by atoms with E-state index in [9.17, 15) is 19.5 Å². The van der Waals surface area contributed by atoms with Crippen molar-refractivity contribution < 1.29 is 28.9 Å². The molecular weight excluding hydrogens is 516 g/mol. The number of carbonyl (C=O) groups excluding carboxylic acids is 3. The number of nitrogens with two attached hydrogens (primary N) is 1. The molecule has 0 saturated carbocycles. The number of thioether (sulfide) groups is 1. The van der Waals surface area contributed by atoms with Gasteiger partial charge in [0.25, 0.3) is 11.8 Å². The third kappa shape index (κ3) is 5.01. The van der Waals surface area contributed by atoms with Crippen LogP contribution in [0.3, 0.4) is 0 Å². The van der Waals surface area contributed by atoms with Gasteiger partial charge in [-0.05, 0) is 0 Å². The lowest BCUT2D eigenvalue weighted by molar-refractivity contribution is -0.689. The number of hydrogen-bond donors (Lipinski definition) is 2. The second-order valence-electron chi connectivity index (χ2n) is 7.35. The zero-order valence-corrected chi connectivity index (χ0v) is 20.4. The average Bonchev–Trinajstić information content (AvgIpc) is 3.17. The maximum atomic E-state index is 13.0. The number of carboxylic acid groups (broad SMARTS) is 1. The number of β-lactam (4-membered cyclic amide) rings is 1. The minimum atomic E-state index is -1.45. The smallest absolute Gasteiger partial charge is 0.276 e. The highest BCUT2D eigenvalue weighted by Crippen LogP contribution is 2.40. The third-order valence-corrected chi connectivity index (χ3v) is 7.49. The number of amides is 2. The number of halogens is 1. The zero-order chi connectivity index (χ0) is 25.1. The van der Waals surface area contributed by atoms with E-state index in [0.717, 1.165) is 16.2 Å². The Morgan fingerprint density at radius 2 is 2.17 bits per heavy atom. The Kier molecular flexibility index (Phi) is 7.38. The molecule has 2 aromatic rings. The highest BCUT2D eigenvalue weighted by molar-refractivity contribution is 8.00. The van der Waals surface area contributed by atoms with Crippen LogP contribution in [-0.2, 0) is 25.8 Å². The molecule has 2 aliphatic rings. The molecule has 0 bridgehead atoms. The summed E-state index contributed by atoms with van der Waals surface area (Å²) in [5, 5.41) is 17.8. The van der Waals surface area contributed by atoms with Gasteiger partial charge >= 0.3 is 0 Å². The Balaban J connectivity index is 1.55. The summed E-state index contributed by atoms with van der Waals surface area (Å²) in [7, 11) is 0. The second kappa shape index (κ2) is 10.5. The molecule has 3 N–H and O–H groups in total. The topological polar surface area (TPSA) is 154 Å². The Labute approximate surface area is 212 Å². The van der Waals surface area contributed by atoms with Crippen LogP contribution in [-0.4, -0.2) is 57.2 Å². The molecule has 4 rings (SSSR count). The van der Waals surface area contributed by atoms with Crippen molar-refractivity contribution in [2.45, 2.75) is 18.0 Å². The van der Waals surface area contributed by atoms with E-state index in [1.165, 1.54) is 17.8 Å². The predicted molar refractivity (Wildman–Crippen MR) is 128 cm³/mol. The van der Waals surface area contributed by atoms with Crippen molar-refractivity contribution >= 4 is 63.3 Å². The molecule has 0 spiro atoms. The molecule has 14 heteroatoms. The van der Waals surface area contributed by atoms with Gasteiger partial charge in [-0.25, -0.2) is 9.55 Å². The number of aromatic nitrogens is 2. The second-order valence-corrected chi connectivity index (χ2v) is 10.1. The van der Waals surface area contributed by atoms with Crippen molar-refractivity contribution in [3.8, 4) is 0 Å². The quantitative estimate of drug-likeness (QED) is 0.111. The first kappa shape index (κ1) is 24.7. The van der Waals surface area contributed by atoms with Crippen LogP contribution in [0.4, 0.5) is 5.13 Å². The van der Waals surface area contributed by atoms with Gasteiger partial charge < -0.3 is 25.8 Å². The highest BCUT2D eigenvalue weighted by atomic mass is 35.5. The van der Waals surface area contributed by atoms with Crippen LogP contribution < -0.4 is 20.7 Å². The van der Waals surface area contributed by atoms with Crippen LogP contribution >= 0.6 is 34.7 Å². The molecule has 0 aromatic carbocycles. The number of rotatable bonds is 9. The Bertz CT molecular complexity index is 1250. The fourth-order valence-electron chi connectivity index (χ4n) is 3.57. The highest BCUT2D eigenvalue weighted by Gasteiger charge is 2.53. The van der Waals surface area contributed by atoms with Gasteiger partial charge in [-0.15, -0.1) is 11.8 Å².